The van der Waals surface area contributed by atoms with Crippen molar-refractivity contribution < 1.29 is 33.7 Å². The van der Waals surface area contributed by atoms with Gasteiger partial charge in [0.1, 0.15) is 30.1 Å². The summed E-state index contributed by atoms with van der Waals surface area (Å²) in [6.07, 6.45) is -1.03. The van der Waals surface area contributed by atoms with Crippen LogP contribution in [-0.4, -0.2) is 84.7 Å². The van der Waals surface area contributed by atoms with Gasteiger partial charge >= 0.3 is 0 Å². The van der Waals surface area contributed by atoms with E-state index in [-0.39, 0.29) is 29.9 Å². The largest absolute Gasteiger partial charge is 0.388 e. The molecule has 8 atom stereocenters. The predicted molar refractivity (Wildman–Crippen MR) is 150 cm³/mol. The Kier molecular flexibility index (Phi) is 11.3. The number of rotatable bonds is 17. The summed E-state index contributed by atoms with van der Waals surface area (Å²) in [4.78, 5) is 40.4. The number of hydrogen-bond acceptors (Lipinski definition) is 8. The van der Waals surface area contributed by atoms with Crippen molar-refractivity contribution in [2.45, 2.75) is 109 Å². The number of epoxide rings is 2. The highest BCUT2D eigenvalue weighted by Gasteiger charge is 2.50. The Morgan fingerprint density at radius 2 is 1.52 bits per heavy atom. The lowest BCUT2D eigenvalue weighted by atomic mass is 9.93. The summed E-state index contributed by atoms with van der Waals surface area (Å²) in [6, 6.07) is 7.16. The van der Waals surface area contributed by atoms with Crippen molar-refractivity contribution in [2.75, 3.05) is 13.7 Å². The SMILES string of the molecule is CO[C@H](C)C(O)C1OC1N[C@@H](CC(C)C)C(=O)N[C@@H](Cc1ccccc1)C(=O)N[C@@H](CC(C)C)C(=O)[C@@]1(C)CO1. The predicted octanol–water partition coefficient (Wildman–Crippen LogP) is 1.73. The number of aliphatic hydroxyl groups excluding tert-OH is 1. The van der Waals surface area contributed by atoms with Crippen LogP contribution in [0, 0.1) is 11.8 Å². The highest BCUT2D eigenvalue weighted by atomic mass is 16.6. The Balaban J connectivity index is 1.75. The lowest BCUT2D eigenvalue weighted by Crippen LogP contribution is -2.57. The van der Waals surface area contributed by atoms with Crippen LogP contribution in [0.3, 0.4) is 0 Å². The zero-order valence-electron chi connectivity index (χ0n) is 24.8. The average molecular weight is 562 g/mol. The fraction of sp³-hybridized carbons (Fsp3) is 0.700. The van der Waals surface area contributed by atoms with Gasteiger partial charge in [-0.05, 0) is 44.1 Å². The van der Waals surface area contributed by atoms with Crippen LogP contribution in [0.1, 0.15) is 59.9 Å². The molecule has 0 bridgehead atoms. The van der Waals surface area contributed by atoms with Crippen molar-refractivity contribution in [3.05, 3.63) is 35.9 Å². The van der Waals surface area contributed by atoms with Crippen LogP contribution in [0.25, 0.3) is 0 Å². The molecule has 2 amide bonds. The maximum atomic E-state index is 13.6. The fourth-order valence-corrected chi connectivity index (χ4v) is 4.77. The molecule has 0 saturated carbocycles. The van der Waals surface area contributed by atoms with Crippen LogP contribution >= 0.6 is 0 Å². The first-order valence-electron chi connectivity index (χ1n) is 14.3. The molecule has 224 valence electrons. The van der Waals surface area contributed by atoms with E-state index in [1.165, 1.54) is 7.11 Å². The number of ether oxygens (including phenoxy) is 3. The molecule has 2 fully saturated rings. The number of amides is 2. The van der Waals surface area contributed by atoms with Gasteiger partial charge in [-0.2, -0.15) is 0 Å². The molecule has 10 heteroatoms. The third-order valence-electron chi connectivity index (χ3n) is 7.46. The van der Waals surface area contributed by atoms with E-state index in [1.807, 2.05) is 58.0 Å². The standard InChI is InChI=1S/C30H47N3O7/c1-17(2)13-21(26(35)30(6)16-39-30)31-28(37)23(15-20-11-9-8-10-12-20)32-27(36)22(14-18(3)4)33-29-25(40-29)24(34)19(5)38-7/h8-12,17-19,21-25,29,33-34H,13-16H2,1-7H3,(H,31,37)(H,32,36)/t19-,21+,22+,23+,24?,25?,29?,30-/m1/s1. The lowest BCUT2D eigenvalue weighted by molar-refractivity contribution is -0.133. The monoisotopic (exact) mass is 561 g/mol. The summed E-state index contributed by atoms with van der Waals surface area (Å²) in [5, 5.41) is 19.5. The van der Waals surface area contributed by atoms with Crippen molar-refractivity contribution in [1.82, 2.24) is 16.0 Å². The van der Waals surface area contributed by atoms with Gasteiger partial charge in [-0.25, -0.2) is 0 Å². The Labute approximate surface area is 237 Å². The minimum atomic E-state index is -0.906. The van der Waals surface area contributed by atoms with Crippen LogP contribution < -0.4 is 16.0 Å². The van der Waals surface area contributed by atoms with E-state index in [4.69, 9.17) is 14.2 Å². The second kappa shape index (κ2) is 14.0. The van der Waals surface area contributed by atoms with Gasteiger partial charge in [0.05, 0.1) is 24.8 Å². The summed E-state index contributed by atoms with van der Waals surface area (Å²) in [7, 11) is 1.52. The molecule has 0 aliphatic carbocycles. The number of ketones is 1. The number of aliphatic hydroxyl groups is 1. The van der Waals surface area contributed by atoms with Crippen LogP contribution in [0.2, 0.25) is 0 Å². The number of carbonyl (C=O) groups excluding carboxylic acids is 3. The Morgan fingerprint density at radius 1 is 0.975 bits per heavy atom. The number of methoxy groups -OCH3 is 1. The van der Waals surface area contributed by atoms with E-state index in [1.54, 1.807) is 13.8 Å². The zero-order valence-corrected chi connectivity index (χ0v) is 24.8. The molecule has 3 unspecified atom stereocenters. The smallest absolute Gasteiger partial charge is 0.243 e. The molecule has 2 aliphatic rings. The first-order valence-corrected chi connectivity index (χ1v) is 14.3. The molecule has 0 radical (unpaired) electrons. The number of hydrogen-bond donors (Lipinski definition) is 4. The Bertz CT molecular complexity index is 998. The van der Waals surface area contributed by atoms with Crippen molar-refractivity contribution in [1.29, 1.82) is 0 Å². The molecule has 2 heterocycles. The molecule has 1 aromatic rings. The number of carbonyl (C=O) groups is 3. The number of benzene rings is 1. The summed E-state index contributed by atoms with van der Waals surface area (Å²) in [5.41, 5.74) is 0.00555. The van der Waals surface area contributed by atoms with E-state index in [0.717, 1.165) is 5.56 Å². The third kappa shape index (κ3) is 9.07. The van der Waals surface area contributed by atoms with Crippen molar-refractivity contribution in [2.24, 2.45) is 11.8 Å². The average Bonchev–Trinajstić information content (AvgIpc) is 3.83. The van der Waals surface area contributed by atoms with E-state index >= 15 is 0 Å². The molecule has 2 saturated heterocycles. The van der Waals surface area contributed by atoms with Gasteiger partial charge in [-0.1, -0.05) is 58.0 Å². The van der Waals surface area contributed by atoms with Gasteiger partial charge in [0.15, 0.2) is 5.78 Å². The normalized spacial score (nSPS) is 25.6. The van der Waals surface area contributed by atoms with E-state index in [9.17, 15) is 19.5 Å². The molecule has 0 spiro atoms. The van der Waals surface area contributed by atoms with Gasteiger partial charge in [0.2, 0.25) is 11.8 Å². The topological polar surface area (TPSA) is 142 Å². The van der Waals surface area contributed by atoms with E-state index < -0.39 is 54.2 Å². The van der Waals surface area contributed by atoms with Gasteiger partial charge < -0.3 is 30.0 Å². The first-order chi connectivity index (χ1) is 18.8. The van der Waals surface area contributed by atoms with Crippen LogP contribution in [0.4, 0.5) is 0 Å². The van der Waals surface area contributed by atoms with Crippen LogP contribution in [0.5, 0.6) is 0 Å². The fourth-order valence-electron chi connectivity index (χ4n) is 4.77. The van der Waals surface area contributed by atoms with Crippen molar-refractivity contribution in [3.8, 4) is 0 Å². The molecule has 0 aromatic heterocycles. The molecule has 40 heavy (non-hydrogen) atoms. The minimum Gasteiger partial charge on any atom is -0.388 e. The second-order valence-corrected chi connectivity index (χ2v) is 12.1. The first kappa shape index (κ1) is 32.1. The van der Waals surface area contributed by atoms with Crippen LogP contribution in [0.15, 0.2) is 30.3 Å². The molecule has 10 nitrogen and oxygen atoms in total. The van der Waals surface area contributed by atoms with Crippen LogP contribution in [-0.2, 0) is 35.0 Å². The Hall–Kier alpha value is -2.37. The highest BCUT2D eigenvalue weighted by molar-refractivity contribution is 5.98. The van der Waals surface area contributed by atoms with Crippen molar-refractivity contribution >= 4 is 17.6 Å². The molecular weight excluding hydrogens is 514 g/mol. The van der Waals surface area contributed by atoms with Gasteiger partial charge in [-0.15, -0.1) is 0 Å². The quantitative estimate of drug-likeness (QED) is 0.211. The van der Waals surface area contributed by atoms with Gasteiger partial charge in [0, 0.05) is 13.5 Å². The molecular formula is C30H47N3O7. The Morgan fingerprint density at radius 3 is 2.08 bits per heavy atom. The molecule has 3 rings (SSSR count). The number of nitrogens with one attached hydrogen (secondary N) is 3. The summed E-state index contributed by atoms with van der Waals surface area (Å²) >= 11 is 0. The molecule has 2 aliphatic heterocycles. The van der Waals surface area contributed by atoms with Gasteiger partial charge in [0.25, 0.3) is 0 Å². The van der Waals surface area contributed by atoms with E-state index in [0.29, 0.717) is 19.4 Å². The minimum absolute atomic E-state index is 0.153. The lowest BCUT2D eigenvalue weighted by Gasteiger charge is -2.27. The molecule has 1 aromatic carbocycles. The second-order valence-electron chi connectivity index (χ2n) is 12.1. The highest BCUT2D eigenvalue weighted by Crippen LogP contribution is 2.30. The maximum Gasteiger partial charge on any atom is 0.243 e. The van der Waals surface area contributed by atoms with Crippen molar-refractivity contribution in [3.63, 3.8) is 0 Å². The van der Waals surface area contributed by atoms with Gasteiger partial charge in [-0.3, -0.25) is 19.7 Å². The zero-order chi connectivity index (χ0) is 29.6. The summed E-state index contributed by atoms with van der Waals surface area (Å²) < 4.78 is 16.2. The van der Waals surface area contributed by atoms with E-state index in [2.05, 4.69) is 16.0 Å². The summed E-state index contributed by atoms with van der Waals surface area (Å²) in [5.74, 6) is -0.580. The summed E-state index contributed by atoms with van der Waals surface area (Å²) in [6.45, 7) is 11.8. The third-order valence-corrected chi connectivity index (χ3v) is 7.46. The molecule has 4 N–H and O–H groups in total. The number of Topliss-reactive ketones (excluding diaryl/α,β-unsaturated/α-hetero) is 1. The maximum absolute atomic E-state index is 13.6.